The molecule has 1 amide bonds. The van der Waals surface area contributed by atoms with Crippen molar-refractivity contribution in [2.24, 2.45) is 11.3 Å². The molecular formula is C24H35N5O3S. The molecule has 2 aromatic rings. The Morgan fingerprint density at radius 2 is 1.91 bits per heavy atom. The molecule has 0 aliphatic carbocycles. The van der Waals surface area contributed by atoms with Crippen molar-refractivity contribution in [2.45, 2.75) is 71.5 Å². The van der Waals surface area contributed by atoms with Gasteiger partial charge in [-0.1, -0.05) is 33.8 Å². The van der Waals surface area contributed by atoms with Crippen molar-refractivity contribution < 1.29 is 13.2 Å². The number of nitrogens with zero attached hydrogens (tertiary/aromatic N) is 3. The van der Waals surface area contributed by atoms with Crippen LogP contribution in [0.25, 0.3) is 0 Å². The number of rotatable bonds is 6. The summed E-state index contributed by atoms with van der Waals surface area (Å²) < 4.78 is 28.2. The average Bonchev–Trinajstić information content (AvgIpc) is 2.99. The molecule has 1 aliphatic rings. The standard InChI is InChI=1S/C24H35N5O3S/c1-16-14-24(6,7)29(15-16)21-18(10-9-13-25-21)22(30)28-33(31,32)20-12-8-11-19(27-20)26-17(2)23(3,4)5/h8-13,16-17H,14-15H2,1-7H3,(H,26,27)(H,28,30)/t16?,17-/m1/s1. The van der Waals surface area contributed by atoms with Crippen LogP contribution in [0.2, 0.25) is 0 Å². The van der Waals surface area contributed by atoms with Gasteiger partial charge in [-0.2, -0.15) is 8.42 Å². The van der Waals surface area contributed by atoms with E-state index in [1.165, 1.54) is 6.07 Å². The molecule has 0 aromatic carbocycles. The van der Waals surface area contributed by atoms with Crippen molar-refractivity contribution in [3.05, 3.63) is 42.1 Å². The van der Waals surface area contributed by atoms with Crippen molar-refractivity contribution in [1.82, 2.24) is 14.7 Å². The summed E-state index contributed by atoms with van der Waals surface area (Å²) in [5.74, 6) is 0.637. The molecule has 33 heavy (non-hydrogen) atoms. The summed E-state index contributed by atoms with van der Waals surface area (Å²) >= 11 is 0. The maximum atomic E-state index is 13.1. The maximum Gasteiger partial charge on any atom is 0.281 e. The number of hydrogen-bond donors (Lipinski definition) is 2. The molecule has 1 unspecified atom stereocenters. The lowest BCUT2D eigenvalue weighted by Crippen LogP contribution is -2.41. The molecule has 3 heterocycles. The highest BCUT2D eigenvalue weighted by Crippen LogP contribution is 2.37. The van der Waals surface area contributed by atoms with Crippen molar-refractivity contribution in [2.75, 3.05) is 16.8 Å². The first-order chi connectivity index (χ1) is 15.2. The van der Waals surface area contributed by atoms with Crippen LogP contribution >= 0.6 is 0 Å². The molecule has 9 heteroatoms. The van der Waals surface area contributed by atoms with Gasteiger partial charge in [-0.3, -0.25) is 4.79 Å². The second-order valence-electron chi connectivity index (χ2n) is 10.6. The number of carbonyl (C=O) groups excluding carboxylic acids is 1. The lowest BCUT2D eigenvalue weighted by molar-refractivity contribution is 0.0981. The third-order valence-electron chi connectivity index (χ3n) is 6.25. The Hall–Kier alpha value is -2.68. The summed E-state index contributed by atoms with van der Waals surface area (Å²) in [4.78, 5) is 23.8. The van der Waals surface area contributed by atoms with Crippen LogP contribution in [0.1, 0.15) is 65.2 Å². The second kappa shape index (κ2) is 8.93. The van der Waals surface area contributed by atoms with E-state index in [4.69, 9.17) is 0 Å². The minimum atomic E-state index is -4.18. The first-order valence-corrected chi connectivity index (χ1v) is 12.7. The summed E-state index contributed by atoms with van der Waals surface area (Å²) in [7, 11) is -4.18. The fraction of sp³-hybridized carbons (Fsp3) is 0.542. The molecule has 1 saturated heterocycles. The zero-order chi connectivity index (χ0) is 24.6. The predicted molar refractivity (Wildman–Crippen MR) is 131 cm³/mol. The summed E-state index contributed by atoms with van der Waals surface area (Å²) in [6.07, 6.45) is 2.58. The van der Waals surface area contributed by atoms with Gasteiger partial charge in [0.1, 0.15) is 11.6 Å². The second-order valence-corrected chi connectivity index (χ2v) is 12.3. The Bertz CT molecular complexity index is 1120. The largest absolute Gasteiger partial charge is 0.367 e. The van der Waals surface area contributed by atoms with E-state index in [1.54, 1.807) is 30.5 Å². The fourth-order valence-electron chi connectivity index (χ4n) is 4.06. The molecular weight excluding hydrogens is 438 g/mol. The van der Waals surface area contributed by atoms with Crippen LogP contribution < -0.4 is 14.9 Å². The third kappa shape index (κ3) is 5.63. The third-order valence-corrected chi connectivity index (χ3v) is 7.48. The molecule has 2 N–H and O–H groups in total. The molecule has 8 nitrogen and oxygen atoms in total. The van der Waals surface area contributed by atoms with Crippen LogP contribution in [0.4, 0.5) is 11.6 Å². The molecule has 0 bridgehead atoms. The van der Waals surface area contributed by atoms with Gasteiger partial charge in [0.15, 0.2) is 5.03 Å². The monoisotopic (exact) mass is 473 g/mol. The Morgan fingerprint density at radius 3 is 2.52 bits per heavy atom. The molecule has 0 spiro atoms. The van der Waals surface area contributed by atoms with Gasteiger partial charge < -0.3 is 10.2 Å². The van der Waals surface area contributed by atoms with Gasteiger partial charge in [-0.15, -0.1) is 0 Å². The fourth-order valence-corrected chi connectivity index (χ4v) is 5.00. The summed E-state index contributed by atoms with van der Waals surface area (Å²) in [5.41, 5.74) is -0.00568. The van der Waals surface area contributed by atoms with E-state index in [-0.39, 0.29) is 27.6 Å². The number of aromatic nitrogens is 2. The van der Waals surface area contributed by atoms with E-state index in [1.807, 2.05) is 6.92 Å². The number of carbonyl (C=O) groups is 1. The van der Waals surface area contributed by atoms with Gasteiger partial charge in [0, 0.05) is 24.3 Å². The van der Waals surface area contributed by atoms with Crippen molar-refractivity contribution >= 4 is 27.6 Å². The van der Waals surface area contributed by atoms with Crippen LogP contribution in [0.5, 0.6) is 0 Å². The number of pyridine rings is 2. The average molecular weight is 474 g/mol. The summed E-state index contributed by atoms with van der Waals surface area (Å²) in [5, 5.41) is 3.01. The Morgan fingerprint density at radius 1 is 1.21 bits per heavy atom. The van der Waals surface area contributed by atoms with Gasteiger partial charge in [0.05, 0.1) is 5.56 Å². The van der Waals surface area contributed by atoms with E-state index in [0.29, 0.717) is 17.6 Å². The van der Waals surface area contributed by atoms with Crippen LogP contribution in [-0.2, 0) is 10.0 Å². The van der Waals surface area contributed by atoms with Crippen molar-refractivity contribution in [1.29, 1.82) is 0 Å². The van der Waals surface area contributed by atoms with Crippen LogP contribution in [0.15, 0.2) is 41.6 Å². The highest BCUT2D eigenvalue weighted by Gasteiger charge is 2.39. The van der Waals surface area contributed by atoms with Gasteiger partial charge in [-0.25, -0.2) is 14.7 Å². The molecule has 0 radical (unpaired) electrons. The number of sulfonamides is 1. The molecule has 0 saturated carbocycles. The van der Waals surface area contributed by atoms with E-state index >= 15 is 0 Å². The Kier molecular flexibility index (Phi) is 6.75. The first kappa shape index (κ1) is 25.0. The van der Waals surface area contributed by atoms with Crippen LogP contribution in [-0.4, -0.2) is 42.4 Å². The normalized spacial score (nSPS) is 19.2. The maximum absolute atomic E-state index is 13.1. The molecule has 3 rings (SSSR count). The number of hydrogen-bond acceptors (Lipinski definition) is 7. The van der Waals surface area contributed by atoms with Crippen molar-refractivity contribution in [3.63, 3.8) is 0 Å². The number of amides is 1. The predicted octanol–water partition coefficient (Wildman–Crippen LogP) is 4.07. The first-order valence-electron chi connectivity index (χ1n) is 11.2. The zero-order valence-electron chi connectivity index (χ0n) is 20.5. The molecule has 2 aromatic heterocycles. The molecule has 1 fully saturated rings. The van der Waals surface area contributed by atoms with Gasteiger partial charge in [-0.05, 0) is 62.8 Å². The zero-order valence-corrected chi connectivity index (χ0v) is 21.3. The smallest absolute Gasteiger partial charge is 0.281 e. The molecule has 2 atom stereocenters. The van der Waals surface area contributed by atoms with Gasteiger partial charge >= 0.3 is 0 Å². The van der Waals surface area contributed by atoms with E-state index < -0.39 is 15.9 Å². The Labute approximate surface area is 197 Å². The van der Waals surface area contributed by atoms with Gasteiger partial charge in [0.25, 0.3) is 15.9 Å². The summed E-state index contributed by atoms with van der Waals surface area (Å²) in [6, 6.07) is 7.97. The van der Waals surface area contributed by atoms with Gasteiger partial charge in [0.2, 0.25) is 0 Å². The minimum absolute atomic E-state index is 0.0394. The Balaban J connectivity index is 1.85. The van der Waals surface area contributed by atoms with E-state index in [9.17, 15) is 13.2 Å². The molecule has 180 valence electrons. The SMILES string of the molecule is CC1CN(c2ncccc2C(=O)NS(=O)(=O)c2cccc(N[C@H](C)C(C)(C)C)n2)C(C)(C)C1. The highest BCUT2D eigenvalue weighted by molar-refractivity contribution is 7.90. The summed E-state index contributed by atoms with van der Waals surface area (Å²) in [6.45, 7) is 15.4. The lowest BCUT2D eigenvalue weighted by atomic mass is 9.88. The quantitative estimate of drug-likeness (QED) is 0.652. The van der Waals surface area contributed by atoms with E-state index in [0.717, 1.165) is 13.0 Å². The minimum Gasteiger partial charge on any atom is -0.367 e. The molecule has 1 aliphatic heterocycles. The van der Waals surface area contributed by atoms with Crippen LogP contribution in [0, 0.1) is 11.3 Å². The number of anilines is 2. The van der Waals surface area contributed by atoms with Crippen LogP contribution in [0.3, 0.4) is 0 Å². The lowest BCUT2D eigenvalue weighted by Gasteiger charge is -2.33. The van der Waals surface area contributed by atoms with Crippen molar-refractivity contribution in [3.8, 4) is 0 Å². The highest BCUT2D eigenvalue weighted by atomic mass is 32.2. The number of nitrogens with one attached hydrogen (secondary N) is 2. The van der Waals surface area contributed by atoms with E-state index in [2.05, 4.69) is 66.4 Å². The topological polar surface area (TPSA) is 104 Å².